The van der Waals surface area contributed by atoms with Crippen LogP contribution in [0.4, 0.5) is 9.59 Å². The van der Waals surface area contributed by atoms with Crippen LogP contribution in [0.15, 0.2) is 24.3 Å². The van der Waals surface area contributed by atoms with Gasteiger partial charge in [-0.15, -0.1) is 0 Å². The summed E-state index contributed by atoms with van der Waals surface area (Å²) in [5, 5.41) is 5.98. The summed E-state index contributed by atoms with van der Waals surface area (Å²) in [7, 11) is 1.39. The molecule has 3 amide bonds. The third-order valence-corrected chi connectivity index (χ3v) is 4.75. The Bertz CT molecular complexity index is 608. The van der Waals surface area contributed by atoms with Crippen molar-refractivity contribution < 1.29 is 14.3 Å². The molecule has 0 radical (unpaired) electrons. The molecule has 1 aromatic carbocycles. The second-order valence-corrected chi connectivity index (χ2v) is 7.31. The van der Waals surface area contributed by atoms with Gasteiger partial charge in [0.05, 0.1) is 7.11 Å². The maximum absolute atomic E-state index is 12.2. The number of urea groups is 1. The van der Waals surface area contributed by atoms with Crippen molar-refractivity contribution in [1.82, 2.24) is 15.5 Å². The zero-order valence-corrected chi connectivity index (χ0v) is 15.6. The summed E-state index contributed by atoms with van der Waals surface area (Å²) in [6.45, 7) is 8.08. The number of hydrogen-bond donors (Lipinski definition) is 2. The molecule has 0 unspecified atom stereocenters. The van der Waals surface area contributed by atoms with Gasteiger partial charge in [0.1, 0.15) is 0 Å². The molecule has 6 heteroatoms. The molecule has 6 nitrogen and oxygen atoms in total. The van der Waals surface area contributed by atoms with Crippen molar-refractivity contribution >= 4 is 12.1 Å². The molecule has 1 fully saturated rings. The first-order valence-electron chi connectivity index (χ1n) is 8.76. The van der Waals surface area contributed by atoms with Crippen molar-refractivity contribution in [2.45, 2.75) is 45.1 Å². The van der Waals surface area contributed by atoms with Gasteiger partial charge in [0, 0.05) is 31.1 Å². The Labute approximate surface area is 149 Å². The lowest BCUT2D eigenvalue weighted by Gasteiger charge is -2.32. The molecule has 0 aliphatic carbocycles. The van der Waals surface area contributed by atoms with E-state index in [0.29, 0.717) is 19.6 Å². The van der Waals surface area contributed by atoms with Gasteiger partial charge in [-0.3, -0.25) is 0 Å². The summed E-state index contributed by atoms with van der Waals surface area (Å²) in [5.41, 5.74) is 2.28. The Morgan fingerprint density at radius 1 is 1.28 bits per heavy atom. The van der Waals surface area contributed by atoms with Crippen LogP contribution in [0.1, 0.15) is 37.8 Å². The van der Waals surface area contributed by atoms with Crippen LogP contribution in [-0.2, 0) is 10.2 Å². The zero-order chi connectivity index (χ0) is 18.4. The molecule has 25 heavy (non-hydrogen) atoms. The van der Waals surface area contributed by atoms with Crippen molar-refractivity contribution in [3.8, 4) is 0 Å². The number of amides is 3. The number of aryl methyl sites for hydroxylation is 1. The number of benzene rings is 1. The quantitative estimate of drug-likeness (QED) is 0.880. The fourth-order valence-electron chi connectivity index (χ4n) is 3.04. The highest BCUT2D eigenvalue weighted by atomic mass is 16.5. The highest BCUT2D eigenvalue weighted by Gasteiger charge is 2.25. The van der Waals surface area contributed by atoms with Gasteiger partial charge in [-0.2, -0.15) is 0 Å². The van der Waals surface area contributed by atoms with Crippen LogP contribution in [0.3, 0.4) is 0 Å². The lowest BCUT2D eigenvalue weighted by atomic mass is 9.84. The van der Waals surface area contributed by atoms with Crippen molar-refractivity contribution in [3.05, 3.63) is 35.4 Å². The number of carbonyl (C=O) groups excluding carboxylic acids is 2. The number of likely N-dealkylation sites (tertiary alicyclic amines) is 1. The largest absolute Gasteiger partial charge is 0.453 e. The summed E-state index contributed by atoms with van der Waals surface area (Å²) in [5.74, 6) is 0. The average Bonchev–Trinajstić information content (AvgIpc) is 2.60. The molecule has 2 N–H and O–H groups in total. The van der Waals surface area contributed by atoms with E-state index in [0.717, 1.165) is 12.8 Å². The SMILES string of the molecule is COC(=O)N1CCC(NC(=O)NCC(C)(C)c2cccc(C)c2)CC1. The van der Waals surface area contributed by atoms with Crippen LogP contribution in [0.2, 0.25) is 0 Å². The summed E-state index contributed by atoms with van der Waals surface area (Å²) >= 11 is 0. The normalized spacial score (nSPS) is 15.6. The molecule has 1 heterocycles. The van der Waals surface area contributed by atoms with Crippen LogP contribution in [0.5, 0.6) is 0 Å². The first-order valence-corrected chi connectivity index (χ1v) is 8.76. The number of rotatable bonds is 4. The molecular formula is C19H29N3O3. The van der Waals surface area contributed by atoms with Gasteiger partial charge in [0.2, 0.25) is 0 Å². The van der Waals surface area contributed by atoms with Crippen LogP contribution in [0.25, 0.3) is 0 Å². The van der Waals surface area contributed by atoms with Gasteiger partial charge in [-0.05, 0) is 25.3 Å². The van der Waals surface area contributed by atoms with Crippen LogP contribution in [-0.4, -0.2) is 49.8 Å². The molecule has 1 aliphatic heterocycles. The van der Waals surface area contributed by atoms with Crippen LogP contribution in [0, 0.1) is 6.92 Å². The Morgan fingerprint density at radius 2 is 1.96 bits per heavy atom. The number of carbonyl (C=O) groups is 2. The van der Waals surface area contributed by atoms with E-state index in [1.54, 1.807) is 4.90 Å². The minimum Gasteiger partial charge on any atom is -0.453 e. The van der Waals surface area contributed by atoms with Gasteiger partial charge in [0.15, 0.2) is 0 Å². The number of methoxy groups -OCH3 is 1. The Hall–Kier alpha value is -2.24. The summed E-state index contributed by atoms with van der Waals surface area (Å²) in [6.07, 6.45) is 1.18. The van der Waals surface area contributed by atoms with Gasteiger partial charge >= 0.3 is 12.1 Å². The molecule has 138 valence electrons. The van der Waals surface area contributed by atoms with Gasteiger partial charge < -0.3 is 20.3 Å². The van der Waals surface area contributed by atoms with E-state index in [4.69, 9.17) is 4.74 Å². The zero-order valence-electron chi connectivity index (χ0n) is 15.6. The molecule has 0 spiro atoms. The summed E-state index contributed by atoms with van der Waals surface area (Å²) < 4.78 is 4.72. The average molecular weight is 347 g/mol. The van der Waals surface area contributed by atoms with E-state index in [2.05, 4.69) is 49.6 Å². The number of ether oxygens (including phenoxy) is 1. The van der Waals surface area contributed by atoms with Gasteiger partial charge in [-0.1, -0.05) is 43.7 Å². The molecule has 0 aromatic heterocycles. The highest BCUT2D eigenvalue weighted by molar-refractivity contribution is 5.74. The lowest BCUT2D eigenvalue weighted by Crippen LogP contribution is -2.50. The summed E-state index contributed by atoms with van der Waals surface area (Å²) in [4.78, 5) is 25.3. The first kappa shape index (κ1) is 19.1. The molecule has 1 aliphatic rings. The number of piperidine rings is 1. The monoisotopic (exact) mass is 347 g/mol. The fraction of sp³-hybridized carbons (Fsp3) is 0.579. The highest BCUT2D eigenvalue weighted by Crippen LogP contribution is 2.23. The minimum absolute atomic E-state index is 0.0861. The third kappa shape index (κ3) is 5.37. The topological polar surface area (TPSA) is 70.7 Å². The molecule has 0 atom stereocenters. The van der Waals surface area contributed by atoms with Gasteiger partial charge in [-0.25, -0.2) is 9.59 Å². The van der Waals surface area contributed by atoms with Crippen LogP contribution >= 0.6 is 0 Å². The van der Waals surface area contributed by atoms with Crippen molar-refractivity contribution in [2.75, 3.05) is 26.7 Å². The molecule has 0 bridgehead atoms. The van der Waals surface area contributed by atoms with Crippen molar-refractivity contribution in [2.24, 2.45) is 0 Å². The molecule has 1 saturated heterocycles. The molecule has 1 aromatic rings. The van der Waals surface area contributed by atoms with Crippen molar-refractivity contribution in [3.63, 3.8) is 0 Å². The molecular weight excluding hydrogens is 318 g/mol. The second-order valence-electron chi connectivity index (χ2n) is 7.31. The lowest BCUT2D eigenvalue weighted by molar-refractivity contribution is 0.110. The Balaban J connectivity index is 1.78. The first-order chi connectivity index (χ1) is 11.8. The van der Waals surface area contributed by atoms with E-state index >= 15 is 0 Å². The predicted molar refractivity (Wildman–Crippen MR) is 97.7 cm³/mol. The molecule has 0 saturated carbocycles. The Kier molecular flexibility index (Phi) is 6.28. The minimum atomic E-state index is -0.303. The maximum Gasteiger partial charge on any atom is 0.409 e. The van der Waals surface area contributed by atoms with E-state index < -0.39 is 0 Å². The maximum atomic E-state index is 12.2. The van der Waals surface area contributed by atoms with Gasteiger partial charge in [0.25, 0.3) is 0 Å². The smallest absolute Gasteiger partial charge is 0.409 e. The number of nitrogens with zero attached hydrogens (tertiary/aromatic N) is 1. The number of hydrogen-bond acceptors (Lipinski definition) is 3. The summed E-state index contributed by atoms with van der Waals surface area (Å²) in [6, 6.07) is 8.29. The molecule has 2 rings (SSSR count). The van der Waals surface area contributed by atoms with E-state index in [-0.39, 0.29) is 23.6 Å². The van der Waals surface area contributed by atoms with Crippen LogP contribution < -0.4 is 10.6 Å². The van der Waals surface area contributed by atoms with E-state index in [1.807, 2.05) is 6.07 Å². The fourth-order valence-corrected chi connectivity index (χ4v) is 3.04. The van der Waals surface area contributed by atoms with E-state index in [9.17, 15) is 9.59 Å². The van der Waals surface area contributed by atoms with Crippen molar-refractivity contribution in [1.29, 1.82) is 0 Å². The van der Waals surface area contributed by atoms with E-state index in [1.165, 1.54) is 18.2 Å². The third-order valence-electron chi connectivity index (χ3n) is 4.75. The second kappa shape index (κ2) is 8.23. The number of nitrogens with one attached hydrogen (secondary N) is 2. The predicted octanol–water partition coefficient (Wildman–Crippen LogP) is 2.80. The standard InChI is InChI=1S/C19H29N3O3/c1-14-6-5-7-15(12-14)19(2,3)13-20-17(23)21-16-8-10-22(11-9-16)18(24)25-4/h5-7,12,16H,8-11,13H2,1-4H3,(H2,20,21,23). The Morgan fingerprint density at radius 3 is 2.56 bits per heavy atom.